The van der Waals surface area contributed by atoms with Gasteiger partial charge in [-0.05, 0) is 25.3 Å². The average molecular weight is 235 g/mol. The third kappa shape index (κ3) is 2.97. The zero-order chi connectivity index (χ0) is 12.3. The second kappa shape index (κ2) is 4.75. The van der Waals surface area contributed by atoms with Crippen LogP contribution in [-0.4, -0.2) is 28.3 Å². The Labute approximate surface area is 100 Å². The summed E-state index contributed by atoms with van der Waals surface area (Å²) in [6, 6.07) is 6.77. The molecule has 0 saturated heterocycles. The van der Waals surface area contributed by atoms with E-state index in [1.165, 1.54) is 0 Å². The Balaban J connectivity index is 1.83. The Morgan fingerprint density at radius 1 is 1.35 bits per heavy atom. The maximum absolute atomic E-state index is 11.6. The molecule has 0 aromatic heterocycles. The van der Waals surface area contributed by atoms with E-state index in [-0.39, 0.29) is 18.1 Å². The number of phenols is 1. The van der Waals surface area contributed by atoms with Gasteiger partial charge >= 0.3 is 0 Å². The maximum Gasteiger partial charge on any atom is 0.224 e. The van der Waals surface area contributed by atoms with Crippen molar-refractivity contribution in [2.45, 2.75) is 31.3 Å². The van der Waals surface area contributed by atoms with Gasteiger partial charge in [-0.2, -0.15) is 0 Å². The third-order valence-corrected chi connectivity index (χ3v) is 3.24. The molecule has 0 atom stereocenters. The number of phenolic OH excluding ortho intramolecular Hbond substituents is 1. The number of hydrogen-bond acceptors (Lipinski definition) is 3. The van der Waals surface area contributed by atoms with Crippen molar-refractivity contribution in [3.05, 3.63) is 29.8 Å². The van der Waals surface area contributed by atoms with Crippen molar-refractivity contribution < 1.29 is 15.0 Å². The van der Waals surface area contributed by atoms with E-state index in [1.807, 2.05) is 0 Å². The van der Waals surface area contributed by atoms with Crippen LogP contribution in [-0.2, 0) is 11.2 Å². The first-order chi connectivity index (χ1) is 8.09. The number of nitrogens with one attached hydrogen (secondary N) is 1. The molecule has 1 aromatic rings. The lowest BCUT2D eigenvalue weighted by Crippen LogP contribution is -2.48. The van der Waals surface area contributed by atoms with E-state index in [1.54, 1.807) is 24.3 Å². The molecule has 4 heteroatoms. The second-order valence-electron chi connectivity index (χ2n) is 4.66. The van der Waals surface area contributed by atoms with Gasteiger partial charge in [-0.3, -0.25) is 4.79 Å². The highest BCUT2D eigenvalue weighted by Crippen LogP contribution is 2.30. The first kappa shape index (κ1) is 11.9. The minimum absolute atomic E-state index is 0.130. The number of benzene rings is 1. The van der Waals surface area contributed by atoms with E-state index in [2.05, 4.69) is 5.32 Å². The van der Waals surface area contributed by atoms with Gasteiger partial charge in [-0.1, -0.05) is 18.2 Å². The van der Waals surface area contributed by atoms with Gasteiger partial charge in [0.25, 0.3) is 0 Å². The normalized spacial score (nSPS) is 17.2. The van der Waals surface area contributed by atoms with Crippen LogP contribution in [0.4, 0.5) is 0 Å². The molecule has 0 unspecified atom stereocenters. The molecule has 3 N–H and O–H groups in total. The number of hydrogen-bond donors (Lipinski definition) is 3. The summed E-state index contributed by atoms with van der Waals surface area (Å²) in [5.74, 6) is -0.0446. The lowest BCUT2D eigenvalue weighted by Gasteiger charge is -2.36. The van der Waals surface area contributed by atoms with Gasteiger partial charge in [-0.25, -0.2) is 0 Å². The summed E-state index contributed by atoms with van der Waals surface area (Å²) in [4.78, 5) is 11.6. The summed E-state index contributed by atoms with van der Waals surface area (Å²) in [5.41, 5.74) is -0.0976. The summed E-state index contributed by atoms with van der Waals surface area (Å²) < 4.78 is 0. The van der Waals surface area contributed by atoms with Crippen LogP contribution in [0.1, 0.15) is 24.8 Å². The summed E-state index contributed by atoms with van der Waals surface area (Å²) >= 11 is 0. The molecule has 17 heavy (non-hydrogen) atoms. The van der Waals surface area contributed by atoms with Crippen molar-refractivity contribution in [3.8, 4) is 5.75 Å². The quantitative estimate of drug-likeness (QED) is 0.728. The molecule has 1 amide bonds. The molecule has 1 fully saturated rings. The van der Waals surface area contributed by atoms with Crippen LogP contribution in [0.25, 0.3) is 0 Å². The number of amides is 1. The fourth-order valence-electron chi connectivity index (χ4n) is 1.92. The zero-order valence-corrected chi connectivity index (χ0v) is 9.65. The Morgan fingerprint density at radius 3 is 2.65 bits per heavy atom. The van der Waals surface area contributed by atoms with Gasteiger partial charge in [-0.15, -0.1) is 0 Å². The topological polar surface area (TPSA) is 69.6 Å². The van der Waals surface area contributed by atoms with Gasteiger partial charge in [0.15, 0.2) is 0 Å². The van der Waals surface area contributed by atoms with Crippen LogP contribution >= 0.6 is 0 Å². The number of para-hydroxylation sites is 1. The zero-order valence-electron chi connectivity index (χ0n) is 9.65. The molecular weight excluding hydrogens is 218 g/mol. The summed E-state index contributed by atoms with van der Waals surface area (Å²) in [5, 5.41) is 22.0. The van der Waals surface area contributed by atoms with E-state index in [4.69, 9.17) is 0 Å². The molecule has 92 valence electrons. The van der Waals surface area contributed by atoms with Gasteiger partial charge in [0.05, 0.1) is 12.0 Å². The minimum atomic E-state index is -0.700. The highest BCUT2D eigenvalue weighted by atomic mass is 16.3. The van der Waals surface area contributed by atoms with Crippen LogP contribution < -0.4 is 5.32 Å². The Hall–Kier alpha value is -1.55. The molecule has 0 spiro atoms. The van der Waals surface area contributed by atoms with Crippen LogP contribution in [0.3, 0.4) is 0 Å². The Bertz CT molecular complexity index is 413. The van der Waals surface area contributed by atoms with Gasteiger partial charge in [0, 0.05) is 12.1 Å². The largest absolute Gasteiger partial charge is 0.508 e. The van der Waals surface area contributed by atoms with E-state index in [0.717, 1.165) is 19.3 Å². The Kier molecular flexibility index (Phi) is 3.33. The molecule has 0 bridgehead atoms. The van der Waals surface area contributed by atoms with Crippen molar-refractivity contribution in [1.82, 2.24) is 5.32 Å². The summed E-state index contributed by atoms with van der Waals surface area (Å²) in [6.45, 7) is 0.305. The second-order valence-corrected chi connectivity index (χ2v) is 4.66. The summed E-state index contributed by atoms with van der Waals surface area (Å²) in [6.07, 6.45) is 2.67. The first-order valence-electron chi connectivity index (χ1n) is 5.85. The maximum atomic E-state index is 11.6. The number of rotatable bonds is 4. The average Bonchev–Trinajstić information content (AvgIpc) is 2.27. The third-order valence-electron chi connectivity index (χ3n) is 3.24. The van der Waals surface area contributed by atoms with Crippen LogP contribution in [0, 0.1) is 0 Å². The molecule has 0 heterocycles. The molecular formula is C13H17NO3. The van der Waals surface area contributed by atoms with E-state index in [0.29, 0.717) is 12.1 Å². The SMILES string of the molecule is O=C(Cc1ccccc1O)NCC1(O)CCC1. The lowest BCUT2D eigenvalue weighted by atomic mass is 9.80. The fourth-order valence-corrected chi connectivity index (χ4v) is 1.92. The molecule has 1 aliphatic rings. The summed E-state index contributed by atoms with van der Waals surface area (Å²) in [7, 11) is 0. The predicted octanol–water partition coefficient (Wildman–Crippen LogP) is 0.966. The van der Waals surface area contributed by atoms with E-state index in [9.17, 15) is 15.0 Å². The highest BCUT2D eigenvalue weighted by molar-refractivity contribution is 5.79. The number of carbonyl (C=O) groups excluding carboxylic acids is 1. The van der Waals surface area contributed by atoms with Crippen LogP contribution in [0.15, 0.2) is 24.3 Å². The molecule has 2 rings (SSSR count). The predicted molar refractivity (Wildman–Crippen MR) is 63.6 cm³/mol. The van der Waals surface area contributed by atoms with E-state index >= 15 is 0 Å². The van der Waals surface area contributed by atoms with Crippen molar-refractivity contribution in [2.75, 3.05) is 6.54 Å². The number of aromatic hydroxyl groups is 1. The van der Waals surface area contributed by atoms with E-state index < -0.39 is 5.60 Å². The Morgan fingerprint density at radius 2 is 2.06 bits per heavy atom. The van der Waals surface area contributed by atoms with Crippen LogP contribution in [0.2, 0.25) is 0 Å². The molecule has 1 aromatic carbocycles. The fraction of sp³-hybridized carbons (Fsp3) is 0.462. The molecule has 1 saturated carbocycles. The monoisotopic (exact) mass is 235 g/mol. The highest BCUT2D eigenvalue weighted by Gasteiger charge is 2.34. The molecule has 4 nitrogen and oxygen atoms in total. The first-order valence-corrected chi connectivity index (χ1v) is 5.85. The number of carbonyl (C=O) groups is 1. The smallest absolute Gasteiger partial charge is 0.224 e. The molecule has 0 aliphatic heterocycles. The van der Waals surface area contributed by atoms with Gasteiger partial charge in [0.1, 0.15) is 5.75 Å². The van der Waals surface area contributed by atoms with Crippen molar-refractivity contribution in [3.63, 3.8) is 0 Å². The van der Waals surface area contributed by atoms with Gasteiger partial charge in [0.2, 0.25) is 5.91 Å². The van der Waals surface area contributed by atoms with Gasteiger partial charge < -0.3 is 15.5 Å². The lowest BCUT2D eigenvalue weighted by molar-refractivity contribution is -0.122. The molecule has 0 radical (unpaired) electrons. The minimum Gasteiger partial charge on any atom is -0.508 e. The standard InChI is InChI=1S/C13H17NO3/c15-11-5-2-1-4-10(11)8-12(16)14-9-13(17)6-3-7-13/h1-2,4-5,15,17H,3,6-9H2,(H,14,16). The number of aliphatic hydroxyl groups is 1. The van der Waals surface area contributed by atoms with Crippen molar-refractivity contribution in [2.24, 2.45) is 0 Å². The molecule has 1 aliphatic carbocycles. The van der Waals surface area contributed by atoms with Crippen molar-refractivity contribution >= 4 is 5.91 Å². The van der Waals surface area contributed by atoms with Crippen LogP contribution in [0.5, 0.6) is 5.75 Å². The van der Waals surface area contributed by atoms with Crippen molar-refractivity contribution in [1.29, 1.82) is 0 Å².